The van der Waals surface area contributed by atoms with E-state index in [9.17, 15) is 0 Å². The van der Waals surface area contributed by atoms with Gasteiger partial charge in [-0.25, -0.2) is 0 Å². The molecule has 0 aromatic carbocycles. The number of allylic oxidation sites excluding steroid dienone is 4. The lowest BCUT2D eigenvalue weighted by Gasteiger charge is -1.80. The maximum atomic E-state index is 3.72. The van der Waals surface area contributed by atoms with Crippen molar-refractivity contribution < 1.29 is 0 Å². The zero-order valence-corrected chi connectivity index (χ0v) is 6.35. The molecule has 0 spiro atoms. The molecule has 0 heteroatoms. The van der Waals surface area contributed by atoms with Crippen LogP contribution in [0, 0.1) is 11.8 Å². The molecule has 0 atom stereocenters. The molecule has 0 aromatic rings. The van der Waals surface area contributed by atoms with Crippen molar-refractivity contribution in [1.29, 1.82) is 0 Å². The fourth-order valence-electron chi connectivity index (χ4n) is 0.428. The van der Waals surface area contributed by atoms with Crippen molar-refractivity contribution in [2.24, 2.45) is 0 Å². The molecule has 0 bridgehead atoms. The van der Waals surface area contributed by atoms with E-state index in [0.29, 0.717) is 0 Å². The molecule has 0 saturated heterocycles. The van der Waals surface area contributed by atoms with Gasteiger partial charge in [-0.1, -0.05) is 44.1 Å². The summed E-state index contributed by atoms with van der Waals surface area (Å²) in [6.07, 6.45) is 6.25. The van der Waals surface area contributed by atoms with Gasteiger partial charge in [0, 0.05) is 12.0 Å². The quantitative estimate of drug-likeness (QED) is 0.400. The summed E-state index contributed by atoms with van der Waals surface area (Å²) >= 11 is 0. The molecular weight excluding hydrogens is 120 g/mol. The average molecular weight is 132 g/mol. The first-order valence-electron chi connectivity index (χ1n) is 3.28. The van der Waals surface area contributed by atoms with E-state index in [-0.39, 0.29) is 0 Å². The maximum Gasteiger partial charge on any atom is 0.0173 e. The summed E-state index contributed by atoms with van der Waals surface area (Å²) in [6, 6.07) is 0. The Morgan fingerprint density at radius 2 is 2.30 bits per heavy atom. The van der Waals surface area contributed by atoms with Crippen molar-refractivity contribution in [1.82, 2.24) is 0 Å². The minimum absolute atomic E-state index is 0.835. The molecule has 0 unspecified atom stereocenters. The molecule has 0 aromatic heterocycles. The van der Waals surface area contributed by atoms with E-state index in [4.69, 9.17) is 0 Å². The molecule has 0 heterocycles. The Morgan fingerprint density at radius 1 is 1.60 bits per heavy atom. The van der Waals surface area contributed by atoms with Gasteiger partial charge in [-0.15, -0.1) is 0 Å². The molecule has 0 amide bonds. The highest BCUT2D eigenvalue weighted by Gasteiger charge is 1.73. The van der Waals surface area contributed by atoms with E-state index in [0.717, 1.165) is 12.0 Å². The van der Waals surface area contributed by atoms with Gasteiger partial charge in [0.2, 0.25) is 0 Å². The number of hydrogen-bond donors (Lipinski definition) is 0. The van der Waals surface area contributed by atoms with Gasteiger partial charge >= 0.3 is 0 Å². The van der Waals surface area contributed by atoms with E-state index in [1.54, 1.807) is 6.08 Å². The molecule has 0 aliphatic carbocycles. The van der Waals surface area contributed by atoms with E-state index in [1.807, 2.05) is 19.1 Å². The van der Waals surface area contributed by atoms with Crippen LogP contribution in [0.15, 0.2) is 37.0 Å². The van der Waals surface area contributed by atoms with Gasteiger partial charge in [-0.05, 0) is 6.08 Å². The van der Waals surface area contributed by atoms with Crippen molar-refractivity contribution in [2.75, 3.05) is 0 Å². The van der Waals surface area contributed by atoms with Gasteiger partial charge in [0.1, 0.15) is 0 Å². The molecule has 0 N–H and O–H groups in total. The highest BCUT2D eigenvalue weighted by molar-refractivity contribution is 5.36. The van der Waals surface area contributed by atoms with E-state index < -0.39 is 0 Å². The second kappa shape index (κ2) is 5.91. The summed E-state index contributed by atoms with van der Waals surface area (Å²) in [7, 11) is 0. The number of hydrogen-bond acceptors (Lipinski definition) is 0. The summed E-state index contributed by atoms with van der Waals surface area (Å²) in [5.74, 6) is 5.81. The molecule has 0 saturated carbocycles. The fraction of sp³-hybridized carbons (Fsp3) is 0.200. The van der Waals surface area contributed by atoms with Crippen molar-refractivity contribution >= 4 is 0 Å². The third-order valence-electron chi connectivity index (χ3n) is 0.859. The Bertz CT molecular complexity index is 196. The highest BCUT2D eigenvalue weighted by Crippen LogP contribution is 1.89. The van der Waals surface area contributed by atoms with Gasteiger partial charge in [-0.2, -0.15) is 0 Å². The molecule has 0 aliphatic heterocycles. The maximum absolute atomic E-state index is 3.72. The molecule has 0 nitrogen and oxygen atoms in total. The van der Waals surface area contributed by atoms with E-state index >= 15 is 0 Å². The Morgan fingerprint density at radius 3 is 2.80 bits per heavy atom. The normalized spacial score (nSPS) is 8.50. The Balaban J connectivity index is 3.86. The van der Waals surface area contributed by atoms with E-state index in [1.165, 1.54) is 0 Å². The lowest BCUT2D eigenvalue weighted by Crippen LogP contribution is -1.65. The minimum Gasteiger partial charge on any atom is -0.0991 e. The summed E-state index contributed by atoms with van der Waals surface area (Å²) in [6.45, 7) is 9.27. The topological polar surface area (TPSA) is 0 Å². The van der Waals surface area contributed by atoms with Crippen LogP contribution >= 0.6 is 0 Å². The van der Waals surface area contributed by atoms with Gasteiger partial charge in [0.15, 0.2) is 0 Å². The zero-order valence-electron chi connectivity index (χ0n) is 6.35. The zero-order chi connectivity index (χ0) is 7.82. The van der Waals surface area contributed by atoms with Crippen molar-refractivity contribution in [2.45, 2.75) is 13.3 Å². The van der Waals surface area contributed by atoms with Crippen LogP contribution in [0.3, 0.4) is 0 Å². The first-order chi connectivity index (χ1) is 4.81. The van der Waals surface area contributed by atoms with Gasteiger partial charge in [0.25, 0.3) is 0 Å². The van der Waals surface area contributed by atoms with Crippen molar-refractivity contribution in [3.63, 3.8) is 0 Å². The van der Waals surface area contributed by atoms with Crippen LogP contribution in [0.4, 0.5) is 0 Å². The van der Waals surface area contributed by atoms with Crippen LogP contribution in [-0.4, -0.2) is 0 Å². The second-order valence-electron chi connectivity index (χ2n) is 1.78. The van der Waals surface area contributed by atoms with Crippen LogP contribution in [0.25, 0.3) is 0 Å². The first kappa shape index (κ1) is 8.78. The Kier molecular flexibility index (Phi) is 5.19. The molecule has 0 radical (unpaired) electrons. The second-order valence-corrected chi connectivity index (χ2v) is 1.78. The number of rotatable bonds is 2. The van der Waals surface area contributed by atoms with Crippen LogP contribution in [0.1, 0.15) is 13.3 Å². The first-order valence-corrected chi connectivity index (χ1v) is 3.28. The molecule has 0 rings (SSSR count). The molecule has 0 fully saturated rings. The predicted molar refractivity (Wildman–Crippen MR) is 46.5 cm³/mol. The summed E-state index contributed by atoms with van der Waals surface area (Å²) in [4.78, 5) is 0. The van der Waals surface area contributed by atoms with Crippen LogP contribution in [-0.2, 0) is 0 Å². The molecular formula is C10H12. The average Bonchev–Trinajstić information content (AvgIpc) is 1.97. The van der Waals surface area contributed by atoms with Crippen LogP contribution in [0.5, 0.6) is 0 Å². The van der Waals surface area contributed by atoms with Crippen molar-refractivity contribution in [3.8, 4) is 11.8 Å². The standard InChI is InChI=1S/C10H12/c1-4-6-8-10(3)9-7-5-2/h4,6,8H,1,3,5H2,2H3. The minimum atomic E-state index is 0.835. The van der Waals surface area contributed by atoms with Gasteiger partial charge < -0.3 is 0 Å². The highest BCUT2D eigenvalue weighted by atomic mass is 13.8. The molecule has 10 heavy (non-hydrogen) atoms. The summed E-state index contributed by atoms with van der Waals surface area (Å²) in [5.41, 5.74) is 0.835. The lowest BCUT2D eigenvalue weighted by molar-refractivity contribution is 1.28. The van der Waals surface area contributed by atoms with E-state index in [2.05, 4.69) is 25.0 Å². The monoisotopic (exact) mass is 132 g/mol. The van der Waals surface area contributed by atoms with Gasteiger partial charge in [-0.3, -0.25) is 0 Å². The SMILES string of the molecule is C=CC=CC(=C)C#CCC. The van der Waals surface area contributed by atoms with Crippen LogP contribution in [0.2, 0.25) is 0 Å². The summed E-state index contributed by atoms with van der Waals surface area (Å²) < 4.78 is 0. The Hall–Kier alpha value is -1.22. The third kappa shape index (κ3) is 4.93. The fourth-order valence-corrected chi connectivity index (χ4v) is 0.428. The molecule has 0 aliphatic rings. The summed E-state index contributed by atoms with van der Waals surface area (Å²) in [5, 5.41) is 0. The van der Waals surface area contributed by atoms with Crippen LogP contribution < -0.4 is 0 Å². The van der Waals surface area contributed by atoms with Gasteiger partial charge in [0.05, 0.1) is 0 Å². The smallest absolute Gasteiger partial charge is 0.0173 e. The largest absolute Gasteiger partial charge is 0.0991 e. The third-order valence-corrected chi connectivity index (χ3v) is 0.859. The molecule has 52 valence electrons. The Labute approximate surface area is 63.0 Å². The predicted octanol–water partition coefficient (Wildman–Crippen LogP) is 2.70. The van der Waals surface area contributed by atoms with Crippen molar-refractivity contribution in [3.05, 3.63) is 37.0 Å². The lowest BCUT2D eigenvalue weighted by atomic mass is 10.2.